The zero-order valence-electron chi connectivity index (χ0n) is 21.6. The number of benzene rings is 2. The van der Waals surface area contributed by atoms with Crippen LogP contribution in [0.25, 0.3) is 5.57 Å². The van der Waals surface area contributed by atoms with Gasteiger partial charge in [-0.25, -0.2) is 9.18 Å². The number of nitrogens with zero attached hydrogens (tertiary/aromatic N) is 1. The van der Waals surface area contributed by atoms with Crippen molar-refractivity contribution in [2.24, 2.45) is 0 Å². The van der Waals surface area contributed by atoms with Gasteiger partial charge in [-0.05, 0) is 49.1 Å². The smallest absolute Gasteiger partial charge is 0.414 e. The van der Waals surface area contributed by atoms with E-state index in [9.17, 15) is 9.59 Å². The van der Waals surface area contributed by atoms with E-state index in [0.717, 1.165) is 16.7 Å². The summed E-state index contributed by atoms with van der Waals surface area (Å²) >= 11 is 0. The standard InChI is InChI=1S/C29H33FN2O5/c1-5-37-28(34)32-19(2)14-22(23-15-25(35-3)26(36-4)16-24(23)32)18-31-27(33)29(30)13-9-12-21(17-29)20-10-7-6-8-11-20/h6-13,15-16,19,22H,5,14,17-18H2,1-4H3,(H,31,33). The molecule has 1 heterocycles. The number of fused-ring (bicyclic) bond motifs is 1. The van der Waals surface area contributed by atoms with Crippen LogP contribution in [0.3, 0.4) is 0 Å². The van der Waals surface area contributed by atoms with Crippen LogP contribution in [0.2, 0.25) is 0 Å². The molecule has 0 aromatic heterocycles. The molecule has 8 heteroatoms. The molecule has 1 aliphatic carbocycles. The highest BCUT2D eigenvalue weighted by Gasteiger charge is 2.40. The van der Waals surface area contributed by atoms with E-state index >= 15 is 4.39 Å². The minimum absolute atomic E-state index is 0.0430. The second-order valence-corrected chi connectivity index (χ2v) is 9.28. The lowest BCUT2D eigenvalue weighted by Gasteiger charge is -2.39. The van der Waals surface area contributed by atoms with Crippen LogP contribution >= 0.6 is 0 Å². The highest BCUT2D eigenvalue weighted by Crippen LogP contribution is 2.44. The number of carbonyl (C=O) groups excluding carboxylic acids is 2. The van der Waals surface area contributed by atoms with E-state index in [1.54, 1.807) is 24.0 Å². The Bertz CT molecular complexity index is 1210. The molecule has 0 saturated heterocycles. The van der Waals surface area contributed by atoms with Gasteiger partial charge in [-0.15, -0.1) is 0 Å². The number of carbonyl (C=O) groups is 2. The summed E-state index contributed by atoms with van der Waals surface area (Å²) in [6.07, 6.45) is 4.79. The second kappa shape index (κ2) is 11.1. The molecule has 0 saturated carbocycles. The molecule has 0 radical (unpaired) electrons. The van der Waals surface area contributed by atoms with Crippen molar-refractivity contribution in [1.29, 1.82) is 0 Å². The average molecular weight is 509 g/mol. The van der Waals surface area contributed by atoms with Crippen LogP contribution in [-0.2, 0) is 9.53 Å². The molecule has 2 aliphatic rings. The largest absolute Gasteiger partial charge is 0.493 e. The van der Waals surface area contributed by atoms with Crippen LogP contribution < -0.4 is 19.7 Å². The Morgan fingerprint density at radius 1 is 1.14 bits per heavy atom. The minimum Gasteiger partial charge on any atom is -0.493 e. The fourth-order valence-electron chi connectivity index (χ4n) is 5.05. The lowest BCUT2D eigenvalue weighted by Crippen LogP contribution is -2.47. The van der Waals surface area contributed by atoms with Crippen molar-refractivity contribution in [3.63, 3.8) is 0 Å². The van der Waals surface area contributed by atoms with E-state index in [4.69, 9.17) is 14.2 Å². The van der Waals surface area contributed by atoms with Gasteiger partial charge in [-0.2, -0.15) is 0 Å². The van der Waals surface area contributed by atoms with E-state index in [1.807, 2.05) is 49.4 Å². The molecule has 3 unspecified atom stereocenters. The predicted octanol–water partition coefficient (Wildman–Crippen LogP) is 5.41. The molecule has 2 amide bonds. The predicted molar refractivity (Wildman–Crippen MR) is 141 cm³/mol. The molecule has 196 valence electrons. The first kappa shape index (κ1) is 26.3. The average Bonchev–Trinajstić information content (AvgIpc) is 2.91. The molecular formula is C29H33FN2O5. The van der Waals surface area contributed by atoms with Crippen molar-refractivity contribution in [3.05, 3.63) is 71.8 Å². The first-order valence-electron chi connectivity index (χ1n) is 12.4. The van der Waals surface area contributed by atoms with Crippen molar-refractivity contribution >= 4 is 23.3 Å². The maximum atomic E-state index is 15.9. The van der Waals surface area contributed by atoms with Gasteiger partial charge in [-0.3, -0.25) is 9.69 Å². The Morgan fingerprint density at radius 2 is 1.84 bits per heavy atom. The highest BCUT2D eigenvalue weighted by atomic mass is 19.1. The van der Waals surface area contributed by atoms with E-state index in [0.29, 0.717) is 23.6 Å². The molecule has 7 nitrogen and oxygen atoms in total. The molecule has 2 aromatic rings. The molecule has 2 aromatic carbocycles. The molecule has 0 bridgehead atoms. The quantitative estimate of drug-likeness (QED) is 0.541. The Hall–Kier alpha value is -3.81. The lowest BCUT2D eigenvalue weighted by atomic mass is 9.84. The molecule has 0 spiro atoms. The second-order valence-electron chi connectivity index (χ2n) is 9.28. The van der Waals surface area contributed by atoms with Gasteiger partial charge in [-0.1, -0.05) is 42.5 Å². The Balaban J connectivity index is 1.56. The van der Waals surface area contributed by atoms with Gasteiger partial charge in [0.25, 0.3) is 5.91 Å². The van der Waals surface area contributed by atoms with Gasteiger partial charge in [0.2, 0.25) is 5.67 Å². The van der Waals surface area contributed by atoms with Gasteiger partial charge in [0, 0.05) is 31.0 Å². The van der Waals surface area contributed by atoms with Crippen molar-refractivity contribution in [2.45, 2.75) is 44.3 Å². The maximum absolute atomic E-state index is 15.9. The van der Waals surface area contributed by atoms with Crippen molar-refractivity contribution in [2.75, 3.05) is 32.3 Å². The van der Waals surface area contributed by atoms with Crippen molar-refractivity contribution < 1.29 is 28.2 Å². The number of anilines is 1. The zero-order valence-corrected chi connectivity index (χ0v) is 21.6. The van der Waals surface area contributed by atoms with E-state index in [-0.39, 0.29) is 31.5 Å². The van der Waals surface area contributed by atoms with Gasteiger partial charge in [0.05, 0.1) is 26.5 Å². The third-order valence-corrected chi connectivity index (χ3v) is 6.90. The maximum Gasteiger partial charge on any atom is 0.414 e. The summed E-state index contributed by atoms with van der Waals surface area (Å²) in [5.74, 6) is 0.112. The summed E-state index contributed by atoms with van der Waals surface area (Å²) in [5.41, 5.74) is 0.908. The van der Waals surface area contributed by atoms with E-state index in [1.165, 1.54) is 20.3 Å². The molecule has 3 atom stereocenters. The fourth-order valence-corrected chi connectivity index (χ4v) is 5.05. The van der Waals surface area contributed by atoms with Crippen LogP contribution in [0.15, 0.2) is 60.7 Å². The summed E-state index contributed by atoms with van der Waals surface area (Å²) in [4.78, 5) is 27.5. The number of allylic oxidation sites excluding steroid dienone is 3. The number of amides is 2. The van der Waals surface area contributed by atoms with Crippen LogP contribution in [0.1, 0.15) is 43.7 Å². The van der Waals surface area contributed by atoms with Crippen LogP contribution in [0.4, 0.5) is 14.9 Å². The molecule has 37 heavy (non-hydrogen) atoms. The number of alkyl halides is 1. The van der Waals surface area contributed by atoms with Crippen molar-refractivity contribution in [1.82, 2.24) is 5.32 Å². The van der Waals surface area contributed by atoms with Gasteiger partial charge in [0.15, 0.2) is 11.5 Å². The third kappa shape index (κ3) is 5.33. The minimum atomic E-state index is -2.16. The van der Waals surface area contributed by atoms with Gasteiger partial charge >= 0.3 is 6.09 Å². The third-order valence-electron chi connectivity index (χ3n) is 6.90. The van der Waals surface area contributed by atoms with E-state index < -0.39 is 17.7 Å². The molecule has 1 aliphatic heterocycles. The number of nitrogens with one attached hydrogen (secondary N) is 1. The molecular weight excluding hydrogens is 475 g/mol. The number of ether oxygens (including phenoxy) is 3. The number of halogens is 1. The summed E-state index contributed by atoms with van der Waals surface area (Å²) in [6, 6.07) is 12.8. The summed E-state index contributed by atoms with van der Waals surface area (Å²) in [6.45, 7) is 4.12. The summed E-state index contributed by atoms with van der Waals surface area (Å²) in [5, 5.41) is 2.83. The summed E-state index contributed by atoms with van der Waals surface area (Å²) < 4.78 is 32.1. The molecule has 4 rings (SSSR count). The lowest BCUT2D eigenvalue weighted by molar-refractivity contribution is -0.129. The monoisotopic (exact) mass is 508 g/mol. The topological polar surface area (TPSA) is 77.1 Å². The van der Waals surface area contributed by atoms with Crippen LogP contribution in [0.5, 0.6) is 11.5 Å². The molecule has 1 N–H and O–H groups in total. The SMILES string of the molecule is CCOC(=O)N1c2cc(OC)c(OC)cc2C(CNC(=O)C2(F)C=CC=C(c3ccccc3)C2)CC1C. The highest BCUT2D eigenvalue weighted by molar-refractivity contribution is 5.92. The number of methoxy groups -OCH3 is 2. The Kier molecular flexibility index (Phi) is 7.86. The van der Waals surface area contributed by atoms with E-state index in [2.05, 4.69) is 5.32 Å². The first-order chi connectivity index (χ1) is 17.8. The number of hydrogen-bond acceptors (Lipinski definition) is 5. The first-order valence-corrected chi connectivity index (χ1v) is 12.4. The van der Waals surface area contributed by atoms with Crippen molar-refractivity contribution in [3.8, 4) is 11.5 Å². The summed E-state index contributed by atoms with van der Waals surface area (Å²) in [7, 11) is 3.06. The zero-order chi connectivity index (χ0) is 26.6. The van der Waals surface area contributed by atoms with Crippen LogP contribution in [0, 0.1) is 0 Å². The van der Waals surface area contributed by atoms with Gasteiger partial charge < -0.3 is 19.5 Å². The Labute approximate surface area is 216 Å². The number of rotatable bonds is 7. The normalized spacial score (nSPS) is 22.5. The molecule has 0 fully saturated rings. The fraction of sp³-hybridized carbons (Fsp3) is 0.379. The number of hydrogen-bond donors (Lipinski definition) is 1. The van der Waals surface area contributed by atoms with Crippen LogP contribution in [-0.4, -0.2) is 51.1 Å². The Morgan fingerprint density at radius 3 is 2.51 bits per heavy atom. The van der Waals surface area contributed by atoms with Gasteiger partial charge in [0.1, 0.15) is 0 Å².